The summed E-state index contributed by atoms with van der Waals surface area (Å²) in [7, 11) is 0. The molecule has 1 atom stereocenters. The highest BCUT2D eigenvalue weighted by Gasteiger charge is 2.21. The lowest BCUT2D eigenvalue weighted by Crippen LogP contribution is -2.16. The van der Waals surface area contributed by atoms with Gasteiger partial charge in [0.25, 0.3) is 0 Å². The Bertz CT molecular complexity index is 504. The molecule has 3 nitrogen and oxygen atoms in total. The molecule has 0 aliphatic heterocycles. The molecule has 90 valence electrons. The molecule has 1 saturated carbocycles. The second-order valence-electron chi connectivity index (χ2n) is 4.93. The summed E-state index contributed by atoms with van der Waals surface area (Å²) in [5.74, 6) is 1.99. The van der Waals surface area contributed by atoms with Crippen LogP contribution in [0.1, 0.15) is 32.6 Å². The summed E-state index contributed by atoms with van der Waals surface area (Å²) >= 11 is 1.67. The third-order valence-electron chi connectivity index (χ3n) is 3.35. The predicted octanol–water partition coefficient (Wildman–Crippen LogP) is 3.68. The van der Waals surface area contributed by atoms with Gasteiger partial charge in [0.2, 0.25) is 0 Å². The van der Waals surface area contributed by atoms with Crippen LogP contribution in [-0.2, 0) is 0 Å². The predicted molar refractivity (Wildman–Crippen MR) is 72.5 cm³/mol. The lowest BCUT2D eigenvalue weighted by molar-refractivity contribution is 0.609. The summed E-state index contributed by atoms with van der Waals surface area (Å²) in [4.78, 5) is 9.67. The van der Waals surface area contributed by atoms with Crippen molar-refractivity contribution in [3.63, 3.8) is 0 Å². The first-order valence-corrected chi connectivity index (χ1v) is 7.15. The first kappa shape index (κ1) is 11.0. The van der Waals surface area contributed by atoms with Gasteiger partial charge in [-0.15, -0.1) is 11.3 Å². The summed E-state index contributed by atoms with van der Waals surface area (Å²) < 4.78 is 0. The third kappa shape index (κ3) is 2.57. The Morgan fingerprint density at radius 3 is 3.18 bits per heavy atom. The van der Waals surface area contributed by atoms with E-state index >= 15 is 0 Å². The normalized spacial score (nSPS) is 17.2. The van der Waals surface area contributed by atoms with Gasteiger partial charge in [0, 0.05) is 6.04 Å². The molecule has 0 bridgehead atoms. The maximum absolute atomic E-state index is 4.35. The molecule has 0 amide bonds. The van der Waals surface area contributed by atoms with E-state index in [1.807, 2.05) is 0 Å². The highest BCUT2D eigenvalue weighted by atomic mass is 32.1. The molecule has 3 rings (SSSR count). The van der Waals surface area contributed by atoms with Crippen LogP contribution in [0.5, 0.6) is 0 Å². The fourth-order valence-corrected chi connectivity index (χ4v) is 2.84. The zero-order chi connectivity index (χ0) is 11.7. The summed E-state index contributed by atoms with van der Waals surface area (Å²) in [5.41, 5.74) is 0. The average Bonchev–Trinajstić information content (AvgIpc) is 3.03. The van der Waals surface area contributed by atoms with Gasteiger partial charge in [-0.05, 0) is 37.1 Å². The van der Waals surface area contributed by atoms with Gasteiger partial charge in [-0.1, -0.05) is 12.8 Å². The summed E-state index contributed by atoms with van der Waals surface area (Å²) in [6.07, 6.45) is 7.12. The standard InChI is InChI=1S/C13H17N3S/c1-9(2-3-10-4-5-10)16-12-11-6-7-17-13(11)15-8-14-12/h6-10H,2-5H2,1H3,(H,14,15,16). The summed E-state index contributed by atoms with van der Waals surface area (Å²) in [5, 5.41) is 6.73. The molecule has 1 aliphatic carbocycles. The zero-order valence-electron chi connectivity index (χ0n) is 10.0. The van der Waals surface area contributed by atoms with Gasteiger partial charge in [-0.3, -0.25) is 0 Å². The topological polar surface area (TPSA) is 37.8 Å². The Kier molecular flexibility index (Phi) is 2.97. The highest BCUT2D eigenvalue weighted by molar-refractivity contribution is 7.16. The third-order valence-corrected chi connectivity index (χ3v) is 4.17. The largest absolute Gasteiger partial charge is 0.367 e. The van der Waals surface area contributed by atoms with Gasteiger partial charge in [0.1, 0.15) is 17.0 Å². The van der Waals surface area contributed by atoms with Crippen LogP contribution in [0.2, 0.25) is 0 Å². The minimum absolute atomic E-state index is 0.494. The monoisotopic (exact) mass is 247 g/mol. The molecule has 2 heterocycles. The molecule has 17 heavy (non-hydrogen) atoms. The van der Waals surface area contributed by atoms with Crippen LogP contribution in [0.4, 0.5) is 5.82 Å². The summed E-state index contributed by atoms with van der Waals surface area (Å²) in [6.45, 7) is 2.24. The van der Waals surface area contributed by atoms with E-state index in [9.17, 15) is 0 Å². The lowest BCUT2D eigenvalue weighted by Gasteiger charge is -2.14. The molecule has 0 aromatic carbocycles. The van der Waals surface area contributed by atoms with Crippen molar-refractivity contribution in [3.05, 3.63) is 17.8 Å². The van der Waals surface area contributed by atoms with E-state index in [4.69, 9.17) is 0 Å². The number of nitrogens with zero attached hydrogens (tertiary/aromatic N) is 2. The Balaban J connectivity index is 1.68. The number of hydrogen-bond acceptors (Lipinski definition) is 4. The van der Waals surface area contributed by atoms with Crippen molar-refractivity contribution in [1.29, 1.82) is 0 Å². The van der Waals surface area contributed by atoms with E-state index in [-0.39, 0.29) is 0 Å². The minimum Gasteiger partial charge on any atom is -0.367 e. The Morgan fingerprint density at radius 1 is 1.47 bits per heavy atom. The smallest absolute Gasteiger partial charge is 0.138 e. The van der Waals surface area contributed by atoms with Crippen molar-refractivity contribution in [2.75, 3.05) is 5.32 Å². The molecule has 0 radical (unpaired) electrons. The number of aromatic nitrogens is 2. The molecule has 2 aromatic rings. The van der Waals surface area contributed by atoms with Crippen molar-refractivity contribution in [1.82, 2.24) is 9.97 Å². The number of hydrogen-bond donors (Lipinski definition) is 1. The molecular formula is C13H17N3S. The quantitative estimate of drug-likeness (QED) is 0.875. The summed E-state index contributed by atoms with van der Waals surface area (Å²) in [6, 6.07) is 2.59. The van der Waals surface area contributed by atoms with Gasteiger partial charge in [-0.2, -0.15) is 0 Å². The van der Waals surface area contributed by atoms with Gasteiger partial charge in [-0.25, -0.2) is 9.97 Å². The van der Waals surface area contributed by atoms with Crippen molar-refractivity contribution in [2.45, 2.75) is 38.6 Å². The molecular weight excluding hydrogens is 230 g/mol. The maximum Gasteiger partial charge on any atom is 0.138 e. The molecule has 4 heteroatoms. The van der Waals surface area contributed by atoms with Crippen LogP contribution in [0.3, 0.4) is 0 Å². The van der Waals surface area contributed by atoms with Gasteiger partial charge >= 0.3 is 0 Å². The number of anilines is 1. The number of nitrogens with one attached hydrogen (secondary N) is 1. The van der Waals surface area contributed by atoms with E-state index in [1.54, 1.807) is 17.7 Å². The van der Waals surface area contributed by atoms with Crippen LogP contribution < -0.4 is 5.32 Å². The van der Waals surface area contributed by atoms with Gasteiger partial charge < -0.3 is 5.32 Å². The first-order valence-electron chi connectivity index (χ1n) is 6.27. The minimum atomic E-state index is 0.494. The molecule has 0 saturated heterocycles. The zero-order valence-corrected chi connectivity index (χ0v) is 10.8. The highest BCUT2D eigenvalue weighted by Crippen LogP contribution is 2.34. The second-order valence-corrected chi connectivity index (χ2v) is 5.82. The molecule has 1 fully saturated rings. The van der Waals surface area contributed by atoms with E-state index < -0.39 is 0 Å². The van der Waals surface area contributed by atoms with Gasteiger partial charge in [0.15, 0.2) is 0 Å². The van der Waals surface area contributed by atoms with Crippen molar-refractivity contribution in [3.8, 4) is 0 Å². The van der Waals surface area contributed by atoms with Gasteiger partial charge in [0.05, 0.1) is 5.39 Å². The Morgan fingerprint density at radius 2 is 2.35 bits per heavy atom. The number of fused-ring (bicyclic) bond motifs is 1. The van der Waals surface area contributed by atoms with Crippen LogP contribution in [-0.4, -0.2) is 16.0 Å². The van der Waals surface area contributed by atoms with Crippen molar-refractivity contribution >= 4 is 27.4 Å². The van der Waals surface area contributed by atoms with Crippen LogP contribution in [0.15, 0.2) is 17.8 Å². The van der Waals surface area contributed by atoms with Crippen LogP contribution in [0.25, 0.3) is 10.2 Å². The Labute approximate surface area is 105 Å². The van der Waals surface area contributed by atoms with Crippen molar-refractivity contribution in [2.24, 2.45) is 5.92 Å². The van der Waals surface area contributed by atoms with E-state index in [0.29, 0.717) is 6.04 Å². The van der Waals surface area contributed by atoms with Crippen molar-refractivity contribution < 1.29 is 0 Å². The SMILES string of the molecule is CC(CCC1CC1)Nc1ncnc2sccc12. The van der Waals surface area contributed by atoms with E-state index in [1.165, 1.54) is 25.7 Å². The fraction of sp³-hybridized carbons (Fsp3) is 0.538. The first-order chi connectivity index (χ1) is 8.33. The van der Waals surface area contributed by atoms with E-state index in [0.717, 1.165) is 22.0 Å². The maximum atomic E-state index is 4.35. The van der Waals surface area contributed by atoms with E-state index in [2.05, 4.69) is 33.7 Å². The molecule has 0 spiro atoms. The second kappa shape index (κ2) is 4.61. The number of thiophene rings is 1. The van der Waals surface area contributed by atoms with Crippen LogP contribution in [0, 0.1) is 5.92 Å². The molecule has 2 aromatic heterocycles. The lowest BCUT2D eigenvalue weighted by atomic mass is 10.1. The Hall–Kier alpha value is -1.16. The average molecular weight is 247 g/mol. The molecule has 1 N–H and O–H groups in total. The molecule has 1 unspecified atom stereocenters. The molecule has 1 aliphatic rings. The fourth-order valence-electron chi connectivity index (χ4n) is 2.10. The van der Waals surface area contributed by atoms with Crippen LogP contribution >= 0.6 is 11.3 Å². The number of rotatable bonds is 5.